The largest absolute Gasteiger partial charge is 0.484 e. The van der Waals surface area contributed by atoms with Gasteiger partial charge in [0.1, 0.15) is 5.75 Å². The van der Waals surface area contributed by atoms with E-state index in [1.807, 2.05) is 21.0 Å². The fourth-order valence-corrected chi connectivity index (χ4v) is 4.14. The Morgan fingerprint density at radius 3 is 2.51 bits per heavy atom. The van der Waals surface area contributed by atoms with Crippen molar-refractivity contribution in [3.05, 3.63) is 53.9 Å². The molecular weight excluding hydrogens is 459 g/mol. The average Bonchev–Trinajstić information content (AvgIpc) is 3.15. The minimum atomic E-state index is -4.41. The highest BCUT2D eigenvalue weighted by Crippen LogP contribution is 2.28. The summed E-state index contributed by atoms with van der Waals surface area (Å²) in [6.45, 7) is 2.36. The van der Waals surface area contributed by atoms with Crippen molar-refractivity contribution in [2.24, 2.45) is 7.05 Å². The first kappa shape index (κ1) is 24.7. The third-order valence-electron chi connectivity index (χ3n) is 6.11. The molecule has 7 nitrogen and oxygen atoms in total. The van der Waals surface area contributed by atoms with Crippen LogP contribution < -0.4 is 10.1 Å². The number of pyridine rings is 1. The van der Waals surface area contributed by atoms with Crippen LogP contribution in [-0.2, 0) is 7.05 Å². The number of halogens is 3. The molecule has 1 fully saturated rings. The number of carbonyl (C=O) groups is 1. The highest BCUT2D eigenvalue weighted by Gasteiger charge is 2.28. The Hall–Kier alpha value is -3.40. The number of amides is 1. The van der Waals surface area contributed by atoms with Gasteiger partial charge in [-0.15, -0.1) is 0 Å². The zero-order valence-electron chi connectivity index (χ0n) is 19.9. The summed E-state index contributed by atoms with van der Waals surface area (Å²) >= 11 is 0. The number of nitrogens with one attached hydrogen (secondary N) is 1. The summed E-state index contributed by atoms with van der Waals surface area (Å²) in [7, 11) is 3.86. The summed E-state index contributed by atoms with van der Waals surface area (Å²) < 4.78 is 43.9. The number of likely N-dealkylation sites (N-methyl/N-ethyl adjacent to an activating group) is 1. The van der Waals surface area contributed by atoms with Crippen molar-refractivity contribution < 1.29 is 22.7 Å². The van der Waals surface area contributed by atoms with Gasteiger partial charge in [0.2, 0.25) is 0 Å². The van der Waals surface area contributed by atoms with Gasteiger partial charge in [-0.25, -0.2) is 4.98 Å². The van der Waals surface area contributed by atoms with Crippen molar-refractivity contribution in [1.82, 2.24) is 25.0 Å². The number of hydrogen-bond acceptors (Lipinski definition) is 5. The van der Waals surface area contributed by atoms with E-state index < -0.39 is 12.8 Å². The number of aromatic nitrogens is 3. The first-order valence-corrected chi connectivity index (χ1v) is 11.4. The number of aryl methyl sites for hydroxylation is 1. The molecule has 1 saturated heterocycles. The van der Waals surface area contributed by atoms with Gasteiger partial charge in [0.25, 0.3) is 5.91 Å². The molecule has 0 aliphatic carbocycles. The normalized spacial score (nSPS) is 16.8. The molecule has 35 heavy (non-hydrogen) atoms. The molecule has 186 valence electrons. The van der Waals surface area contributed by atoms with Crippen molar-refractivity contribution in [3.63, 3.8) is 0 Å². The van der Waals surface area contributed by atoms with E-state index in [-0.39, 0.29) is 17.7 Å². The Balaban J connectivity index is 1.65. The third kappa shape index (κ3) is 6.19. The summed E-state index contributed by atoms with van der Waals surface area (Å²) in [6.07, 6.45) is -0.771. The molecule has 0 bridgehead atoms. The van der Waals surface area contributed by atoms with E-state index in [2.05, 4.69) is 15.3 Å². The predicted octanol–water partition coefficient (Wildman–Crippen LogP) is 4.22. The van der Waals surface area contributed by atoms with E-state index in [0.717, 1.165) is 37.2 Å². The topological polar surface area (TPSA) is 72.3 Å². The van der Waals surface area contributed by atoms with Gasteiger partial charge >= 0.3 is 6.18 Å². The highest BCUT2D eigenvalue weighted by atomic mass is 19.4. The number of carbonyl (C=O) groups excluding carboxylic acids is 1. The fraction of sp³-hybridized carbons (Fsp3) is 0.400. The number of nitrogens with zero attached hydrogens (tertiary/aromatic N) is 4. The third-order valence-corrected chi connectivity index (χ3v) is 6.11. The molecule has 10 heteroatoms. The number of piperidine rings is 1. The lowest BCUT2D eigenvalue weighted by Crippen LogP contribution is -2.46. The maximum atomic E-state index is 13.2. The Kier molecular flexibility index (Phi) is 7.11. The summed E-state index contributed by atoms with van der Waals surface area (Å²) in [5.74, 6) is -0.0911. The van der Waals surface area contributed by atoms with Crippen molar-refractivity contribution in [1.29, 1.82) is 0 Å². The van der Waals surface area contributed by atoms with Gasteiger partial charge in [-0.2, -0.15) is 18.3 Å². The van der Waals surface area contributed by atoms with E-state index in [1.54, 1.807) is 35.1 Å². The van der Waals surface area contributed by atoms with Gasteiger partial charge < -0.3 is 15.0 Å². The molecule has 3 aromatic rings. The number of hydrogen-bond donors (Lipinski definition) is 1. The monoisotopic (exact) mass is 487 g/mol. The maximum absolute atomic E-state index is 13.2. The Labute approximate surface area is 201 Å². The van der Waals surface area contributed by atoms with E-state index >= 15 is 0 Å². The molecule has 1 aromatic carbocycles. The first-order chi connectivity index (χ1) is 16.6. The second-order valence-corrected chi connectivity index (χ2v) is 8.90. The SMILES string of the molecule is Cc1c(-c2cc(C(=O)N[C@H]3CCCN(C)C3)cc(-c3ccc(OCC(F)(F)F)cc3)n2)cnn1C. The molecule has 1 atom stereocenters. The zero-order valence-corrected chi connectivity index (χ0v) is 19.9. The molecule has 1 aliphatic heterocycles. The van der Waals surface area contributed by atoms with Gasteiger partial charge in [-0.1, -0.05) is 0 Å². The Morgan fingerprint density at radius 1 is 1.17 bits per heavy atom. The van der Waals surface area contributed by atoms with Gasteiger partial charge in [-0.05, 0) is 69.8 Å². The van der Waals surface area contributed by atoms with Crippen LogP contribution in [-0.4, -0.2) is 64.5 Å². The van der Waals surface area contributed by atoms with Crippen LogP contribution in [0.5, 0.6) is 5.75 Å². The summed E-state index contributed by atoms with van der Waals surface area (Å²) in [6, 6.07) is 9.69. The Morgan fingerprint density at radius 2 is 1.89 bits per heavy atom. The quantitative estimate of drug-likeness (QED) is 0.564. The van der Waals surface area contributed by atoms with Crippen LogP contribution in [0, 0.1) is 6.92 Å². The predicted molar refractivity (Wildman–Crippen MR) is 126 cm³/mol. The number of ether oxygens (including phenoxy) is 1. The molecule has 0 radical (unpaired) electrons. The molecule has 1 amide bonds. The van der Waals surface area contributed by atoms with Crippen LogP contribution >= 0.6 is 0 Å². The van der Waals surface area contributed by atoms with Crippen molar-refractivity contribution in [3.8, 4) is 28.3 Å². The summed E-state index contributed by atoms with van der Waals surface area (Å²) in [5, 5.41) is 7.41. The lowest BCUT2D eigenvalue weighted by Gasteiger charge is -2.30. The first-order valence-electron chi connectivity index (χ1n) is 11.4. The minimum absolute atomic E-state index is 0.0616. The minimum Gasteiger partial charge on any atom is -0.484 e. The number of benzene rings is 1. The summed E-state index contributed by atoms with van der Waals surface area (Å²) in [5.41, 5.74) is 3.92. The molecule has 0 spiro atoms. The second kappa shape index (κ2) is 10.1. The second-order valence-electron chi connectivity index (χ2n) is 8.90. The highest BCUT2D eigenvalue weighted by molar-refractivity contribution is 5.96. The molecule has 1 N–H and O–H groups in total. The van der Waals surface area contributed by atoms with Crippen molar-refractivity contribution >= 4 is 5.91 Å². The lowest BCUT2D eigenvalue weighted by atomic mass is 10.0. The lowest BCUT2D eigenvalue weighted by molar-refractivity contribution is -0.153. The van der Waals surface area contributed by atoms with Gasteiger partial charge in [0.05, 0.1) is 17.6 Å². The fourth-order valence-electron chi connectivity index (χ4n) is 4.14. The van der Waals surface area contributed by atoms with Crippen molar-refractivity contribution in [2.75, 3.05) is 26.7 Å². The Bertz CT molecular complexity index is 1190. The van der Waals surface area contributed by atoms with E-state index in [1.165, 1.54) is 12.1 Å². The van der Waals surface area contributed by atoms with E-state index in [0.29, 0.717) is 22.5 Å². The smallest absolute Gasteiger partial charge is 0.422 e. The number of rotatable bonds is 6. The molecular formula is C25H28F3N5O2. The van der Waals surface area contributed by atoms with E-state index in [4.69, 9.17) is 9.72 Å². The average molecular weight is 488 g/mol. The molecule has 3 heterocycles. The van der Waals surface area contributed by atoms with Crippen LogP contribution in [0.2, 0.25) is 0 Å². The zero-order chi connectivity index (χ0) is 25.2. The number of likely N-dealkylation sites (tertiary alicyclic amines) is 1. The molecule has 1 aliphatic rings. The van der Waals surface area contributed by atoms with Crippen LogP contribution in [0.3, 0.4) is 0 Å². The molecule has 2 aromatic heterocycles. The van der Waals surface area contributed by atoms with Crippen LogP contribution in [0.1, 0.15) is 28.9 Å². The van der Waals surface area contributed by atoms with Gasteiger partial charge in [-0.3, -0.25) is 9.48 Å². The standard InChI is InChI=1S/C25H28F3N5O2/c1-16-21(13-29-33(16)3)23-12-18(24(34)30-19-5-4-10-32(2)14-19)11-22(31-23)17-6-8-20(9-7-17)35-15-25(26,27)28/h6-9,11-13,19H,4-5,10,14-15H2,1-3H3,(H,30,34)/t19-/m0/s1. The van der Waals surface area contributed by atoms with E-state index in [9.17, 15) is 18.0 Å². The van der Waals surface area contributed by atoms with Crippen LogP contribution in [0.4, 0.5) is 13.2 Å². The number of alkyl halides is 3. The molecule has 0 unspecified atom stereocenters. The van der Waals surface area contributed by atoms with Crippen molar-refractivity contribution in [2.45, 2.75) is 32.0 Å². The van der Waals surface area contributed by atoms with Gasteiger partial charge in [0.15, 0.2) is 6.61 Å². The molecule has 0 saturated carbocycles. The van der Waals surface area contributed by atoms with Gasteiger partial charge in [0, 0.05) is 42.0 Å². The molecule has 4 rings (SSSR count). The van der Waals surface area contributed by atoms with Crippen LogP contribution in [0.25, 0.3) is 22.5 Å². The summed E-state index contributed by atoms with van der Waals surface area (Å²) in [4.78, 5) is 20.1. The maximum Gasteiger partial charge on any atom is 0.422 e. The van der Waals surface area contributed by atoms with Crippen LogP contribution in [0.15, 0.2) is 42.6 Å².